The summed E-state index contributed by atoms with van der Waals surface area (Å²) >= 11 is 0. The first-order valence-electron chi connectivity index (χ1n) is 13.1. The van der Waals surface area contributed by atoms with Gasteiger partial charge in [0, 0.05) is 44.0 Å². The number of rotatable bonds is 8. The normalized spacial score (nSPS) is 18.3. The van der Waals surface area contributed by atoms with Crippen LogP contribution in [0.4, 0.5) is 0 Å². The summed E-state index contributed by atoms with van der Waals surface area (Å²) in [6, 6.07) is 16.4. The minimum absolute atomic E-state index is 0.0186. The molecule has 1 saturated heterocycles. The molecule has 0 atom stereocenters. The predicted molar refractivity (Wildman–Crippen MR) is 141 cm³/mol. The van der Waals surface area contributed by atoms with Gasteiger partial charge in [-0.3, -0.25) is 14.4 Å². The van der Waals surface area contributed by atoms with Gasteiger partial charge in [-0.1, -0.05) is 55.3 Å². The number of likely N-dealkylation sites (tertiary alicyclic amines) is 1. The Morgan fingerprint density at radius 3 is 2.67 bits per heavy atom. The first-order chi connectivity index (χ1) is 17.6. The van der Waals surface area contributed by atoms with Crippen molar-refractivity contribution in [1.29, 1.82) is 5.26 Å². The van der Waals surface area contributed by atoms with Gasteiger partial charge in [0.15, 0.2) is 0 Å². The van der Waals surface area contributed by atoms with Gasteiger partial charge in [0.05, 0.1) is 30.7 Å². The van der Waals surface area contributed by atoms with Crippen molar-refractivity contribution in [1.82, 2.24) is 20.0 Å². The van der Waals surface area contributed by atoms with Crippen molar-refractivity contribution in [3.8, 4) is 17.3 Å². The molecular formula is C29H35N5O2. The third kappa shape index (κ3) is 4.88. The van der Waals surface area contributed by atoms with E-state index < -0.39 is 0 Å². The number of carbonyl (C=O) groups excluding carboxylic acids is 1. The smallest absolute Gasteiger partial charge is 0.255 e. The third-order valence-corrected chi connectivity index (χ3v) is 8.06. The number of fused-ring (bicyclic) bond motifs is 1. The monoisotopic (exact) mass is 485 g/mol. The Kier molecular flexibility index (Phi) is 7.35. The summed E-state index contributed by atoms with van der Waals surface area (Å²) in [5, 5.41) is 19.3. The second-order valence-electron chi connectivity index (χ2n) is 10.1. The van der Waals surface area contributed by atoms with Crippen LogP contribution in [0, 0.1) is 11.3 Å². The van der Waals surface area contributed by atoms with Crippen LogP contribution in [-0.2, 0) is 11.3 Å². The molecule has 1 amide bonds. The van der Waals surface area contributed by atoms with Crippen LogP contribution in [0.1, 0.15) is 55.3 Å². The highest BCUT2D eigenvalue weighted by molar-refractivity contribution is 6.04. The number of benzene rings is 2. The zero-order valence-electron chi connectivity index (χ0n) is 21.1. The molecule has 5 rings (SSSR count). The fraction of sp³-hybridized carbons (Fsp3) is 0.483. The summed E-state index contributed by atoms with van der Waals surface area (Å²) in [6.45, 7) is 3.13. The summed E-state index contributed by atoms with van der Waals surface area (Å²) in [5.74, 6) is -0.0980. The molecule has 36 heavy (non-hydrogen) atoms. The van der Waals surface area contributed by atoms with Crippen LogP contribution in [0.25, 0.3) is 22.0 Å². The van der Waals surface area contributed by atoms with E-state index in [2.05, 4.69) is 34.5 Å². The van der Waals surface area contributed by atoms with E-state index in [-0.39, 0.29) is 11.4 Å². The summed E-state index contributed by atoms with van der Waals surface area (Å²) in [5.41, 5.74) is 2.19. The van der Waals surface area contributed by atoms with Crippen molar-refractivity contribution < 1.29 is 9.53 Å². The van der Waals surface area contributed by atoms with Gasteiger partial charge >= 0.3 is 0 Å². The van der Waals surface area contributed by atoms with E-state index in [0.717, 1.165) is 55.1 Å². The number of ether oxygens (including phenoxy) is 1. The van der Waals surface area contributed by atoms with Gasteiger partial charge in [-0.15, -0.1) is 0 Å². The second-order valence-corrected chi connectivity index (χ2v) is 10.1. The highest BCUT2D eigenvalue weighted by atomic mass is 16.5. The average molecular weight is 486 g/mol. The van der Waals surface area contributed by atoms with Crippen LogP contribution in [-0.4, -0.2) is 59.0 Å². The van der Waals surface area contributed by atoms with E-state index in [1.54, 1.807) is 18.0 Å². The molecule has 7 heteroatoms. The molecule has 1 aliphatic heterocycles. The lowest BCUT2D eigenvalue weighted by atomic mass is 9.91. The first-order valence-corrected chi connectivity index (χ1v) is 13.1. The molecule has 7 nitrogen and oxygen atoms in total. The van der Waals surface area contributed by atoms with Gasteiger partial charge in [0.1, 0.15) is 5.69 Å². The van der Waals surface area contributed by atoms with Gasteiger partial charge in [0.25, 0.3) is 5.91 Å². The van der Waals surface area contributed by atoms with Crippen molar-refractivity contribution in [2.24, 2.45) is 0 Å². The van der Waals surface area contributed by atoms with Crippen LogP contribution in [0.3, 0.4) is 0 Å². The Balaban J connectivity index is 1.41. The van der Waals surface area contributed by atoms with Gasteiger partial charge in [0.2, 0.25) is 0 Å². The molecule has 2 aliphatic rings. The number of hydrogen-bond donors (Lipinski definition) is 1. The maximum Gasteiger partial charge on any atom is 0.255 e. The number of hydrogen-bond acceptors (Lipinski definition) is 5. The molecule has 3 aromatic rings. The van der Waals surface area contributed by atoms with E-state index in [1.807, 2.05) is 24.3 Å². The lowest BCUT2D eigenvalue weighted by Crippen LogP contribution is -2.57. The van der Waals surface area contributed by atoms with E-state index in [1.165, 1.54) is 12.8 Å². The largest absolute Gasteiger partial charge is 0.381 e. The molecule has 0 unspecified atom stereocenters. The summed E-state index contributed by atoms with van der Waals surface area (Å²) < 4.78 is 7.31. The van der Waals surface area contributed by atoms with E-state index in [0.29, 0.717) is 36.9 Å². The molecule has 2 heterocycles. The molecule has 0 bridgehead atoms. The lowest BCUT2D eigenvalue weighted by Gasteiger charge is -2.45. The Morgan fingerprint density at radius 1 is 1.17 bits per heavy atom. The molecule has 1 aromatic heterocycles. The number of carbonyl (C=O) groups is 1. The highest BCUT2D eigenvalue weighted by Gasteiger charge is 2.41. The fourth-order valence-electron chi connectivity index (χ4n) is 6.04. The Bertz CT molecular complexity index is 1240. The molecular weight excluding hydrogens is 450 g/mol. The van der Waals surface area contributed by atoms with Crippen LogP contribution in [0.15, 0.2) is 48.7 Å². The van der Waals surface area contributed by atoms with E-state index in [9.17, 15) is 4.79 Å². The number of nitriles is 1. The topological polar surface area (TPSA) is 83.2 Å². The highest BCUT2D eigenvalue weighted by Crippen LogP contribution is 2.37. The Morgan fingerprint density at radius 2 is 1.92 bits per heavy atom. The number of methoxy groups -OCH3 is 1. The summed E-state index contributed by atoms with van der Waals surface area (Å²) in [7, 11) is 1.80. The number of amides is 1. The van der Waals surface area contributed by atoms with Crippen molar-refractivity contribution in [2.75, 3.05) is 26.7 Å². The lowest BCUT2D eigenvalue weighted by molar-refractivity contribution is -0.00271. The van der Waals surface area contributed by atoms with Crippen LogP contribution >= 0.6 is 0 Å². The minimum atomic E-state index is -0.0980. The number of aryl methyl sites for hydroxylation is 1. The Labute approximate surface area is 213 Å². The Hall–Kier alpha value is -3.21. The molecule has 2 fully saturated rings. The van der Waals surface area contributed by atoms with Gasteiger partial charge in [-0.05, 0) is 36.5 Å². The van der Waals surface area contributed by atoms with E-state index in [4.69, 9.17) is 15.1 Å². The average Bonchev–Trinajstić information content (AvgIpc) is 3.59. The van der Waals surface area contributed by atoms with Gasteiger partial charge in [-0.25, -0.2) is 0 Å². The molecule has 1 N–H and O–H groups in total. The third-order valence-electron chi connectivity index (χ3n) is 8.06. The molecule has 0 spiro atoms. The number of aromatic nitrogens is 2. The molecule has 0 radical (unpaired) electrons. The maximum absolute atomic E-state index is 13.7. The van der Waals surface area contributed by atoms with Gasteiger partial charge < -0.3 is 10.1 Å². The molecule has 1 saturated carbocycles. The number of piperidine rings is 1. The molecule has 188 valence electrons. The van der Waals surface area contributed by atoms with Gasteiger partial charge in [-0.2, -0.15) is 10.4 Å². The first kappa shape index (κ1) is 24.5. The number of nitrogens with one attached hydrogen (secondary N) is 1. The predicted octanol–water partition coefficient (Wildman–Crippen LogP) is 4.77. The van der Waals surface area contributed by atoms with Crippen LogP contribution in [0.5, 0.6) is 0 Å². The fourth-order valence-corrected chi connectivity index (χ4v) is 6.04. The minimum Gasteiger partial charge on any atom is -0.381 e. The summed E-state index contributed by atoms with van der Waals surface area (Å²) in [6.07, 6.45) is 9.21. The SMILES string of the molecule is COC1CCN(C2(CNC(=O)c3cn(CCC#N)nc3-c3cccc4ccccc34)CCCC2)CC1. The standard InChI is InChI=1S/C29H35N5O2/c1-36-23-12-18-33(19-13-23)29(14-4-5-15-29)21-31-28(35)26-20-34(17-7-16-30)32-27(26)25-11-6-9-22-8-2-3-10-24(22)25/h2-3,6,8-11,20,23H,4-5,7,12-15,17-19,21H2,1H3,(H,31,35). The van der Waals surface area contributed by atoms with Crippen molar-refractivity contribution in [2.45, 2.75) is 63.1 Å². The molecule has 1 aliphatic carbocycles. The van der Waals surface area contributed by atoms with Crippen molar-refractivity contribution >= 4 is 16.7 Å². The number of nitrogens with zero attached hydrogens (tertiary/aromatic N) is 4. The van der Waals surface area contributed by atoms with Crippen molar-refractivity contribution in [3.63, 3.8) is 0 Å². The maximum atomic E-state index is 13.7. The second kappa shape index (κ2) is 10.8. The zero-order valence-corrected chi connectivity index (χ0v) is 21.1. The van der Waals surface area contributed by atoms with Crippen LogP contribution in [0.2, 0.25) is 0 Å². The van der Waals surface area contributed by atoms with Crippen molar-refractivity contribution in [3.05, 3.63) is 54.2 Å². The zero-order chi connectivity index (χ0) is 25.0. The quantitative estimate of drug-likeness (QED) is 0.497. The summed E-state index contributed by atoms with van der Waals surface area (Å²) in [4.78, 5) is 16.3. The van der Waals surface area contributed by atoms with E-state index >= 15 is 0 Å². The molecule has 2 aromatic carbocycles. The van der Waals surface area contributed by atoms with Crippen LogP contribution < -0.4 is 5.32 Å².